The molecule has 0 nitrogen and oxygen atoms in total. The van der Waals surface area contributed by atoms with Gasteiger partial charge in [0.15, 0.2) is 0 Å². The van der Waals surface area contributed by atoms with Gasteiger partial charge in [-0.1, -0.05) is 0 Å². The lowest BCUT2D eigenvalue weighted by atomic mass is 11.9. The second-order valence-electron chi connectivity index (χ2n) is 1.05. The number of halogens is 4. The quantitative estimate of drug-likeness (QED) is 0.486. The highest BCUT2D eigenvalue weighted by atomic mass is 35.8. The molecular weight excluding hydrogens is 210 g/mol. The van der Waals surface area contributed by atoms with E-state index in [1.165, 1.54) is 0 Å². The molecule has 0 aromatic heterocycles. The molecule has 0 saturated heterocycles. The summed E-state index contributed by atoms with van der Waals surface area (Å²) < 4.78 is 0. The van der Waals surface area contributed by atoms with E-state index in [1.54, 1.807) is 0 Å². The van der Waals surface area contributed by atoms with Gasteiger partial charge in [-0.15, -0.1) is 33.2 Å². The van der Waals surface area contributed by atoms with E-state index in [9.17, 15) is 0 Å². The fourth-order valence-electron chi connectivity index (χ4n) is 0.107. The summed E-state index contributed by atoms with van der Waals surface area (Å²) in [6, 6.07) is -2.31. The van der Waals surface area contributed by atoms with E-state index < -0.39 is 14.8 Å². The fraction of sp³-hybridized carbons (Fsp3) is 1.00. The van der Waals surface area contributed by atoms with Gasteiger partial charge < -0.3 is 0 Å². The van der Waals surface area contributed by atoms with Crippen molar-refractivity contribution in [3.63, 3.8) is 0 Å². The Balaban J connectivity index is 3.15. The largest absolute Gasteiger partial charge is 0.339 e. The SMILES string of the molecule is Cl[SiH2]C[Si](Cl)(Cl)Cl. The van der Waals surface area contributed by atoms with E-state index in [0.29, 0.717) is 5.67 Å². The third-order valence-electron chi connectivity index (χ3n) is 0.378. The molecule has 0 saturated carbocycles. The molecule has 6 heteroatoms. The monoisotopic (exact) mass is 212 g/mol. The highest BCUT2D eigenvalue weighted by Gasteiger charge is 2.23. The van der Waals surface area contributed by atoms with Crippen molar-refractivity contribution >= 4 is 59.1 Å². The van der Waals surface area contributed by atoms with Gasteiger partial charge in [0.2, 0.25) is 0 Å². The van der Waals surface area contributed by atoms with Gasteiger partial charge in [0, 0.05) is 0 Å². The highest BCUT2D eigenvalue weighted by molar-refractivity contribution is 7.66. The first kappa shape index (κ1) is 8.59. The van der Waals surface area contributed by atoms with Gasteiger partial charge >= 0.3 is 6.00 Å². The van der Waals surface area contributed by atoms with Crippen molar-refractivity contribution in [3.8, 4) is 0 Å². The molecule has 0 spiro atoms. The second-order valence-corrected chi connectivity index (χ2v) is 13.3. The predicted octanol–water partition coefficient (Wildman–Crippen LogP) is 1.92. The Morgan fingerprint density at radius 1 is 1.29 bits per heavy atom. The Bertz CT molecular complexity index is 48.1. The molecule has 0 amide bonds. The van der Waals surface area contributed by atoms with Crippen LogP contribution >= 0.6 is 44.3 Å². The molecular formula is CH4Cl4Si2. The molecule has 44 valence electrons. The Morgan fingerprint density at radius 2 is 1.71 bits per heavy atom. The van der Waals surface area contributed by atoms with Gasteiger partial charge in [0.1, 0.15) is 8.83 Å². The van der Waals surface area contributed by atoms with E-state index in [0.717, 1.165) is 0 Å². The van der Waals surface area contributed by atoms with Crippen LogP contribution in [0.3, 0.4) is 0 Å². The molecule has 0 heterocycles. The van der Waals surface area contributed by atoms with E-state index in [-0.39, 0.29) is 0 Å². The summed E-state index contributed by atoms with van der Waals surface area (Å²) in [5.74, 6) is 0. The molecule has 0 radical (unpaired) electrons. The highest BCUT2D eigenvalue weighted by Crippen LogP contribution is 2.23. The van der Waals surface area contributed by atoms with Crippen LogP contribution in [0.5, 0.6) is 0 Å². The summed E-state index contributed by atoms with van der Waals surface area (Å²) in [4.78, 5) is 0. The fourth-order valence-corrected chi connectivity index (χ4v) is 8.68. The minimum absolute atomic E-state index is 0.552. The Morgan fingerprint density at radius 3 is 1.71 bits per heavy atom. The van der Waals surface area contributed by atoms with Crippen LogP contribution in [0.1, 0.15) is 0 Å². The molecule has 0 fully saturated rings. The minimum atomic E-state index is -2.31. The maximum atomic E-state index is 5.45. The smallest absolute Gasteiger partial charge is 0.176 e. The normalized spacial score (nSPS) is 13.7. The van der Waals surface area contributed by atoms with Crippen molar-refractivity contribution in [2.45, 2.75) is 5.67 Å². The van der Waals surface area contributed by atoms with Gasteiger partial charge in [-0.05, 0) is 5.67 Å². The van der Waals surface area contributed by atoms with Crippen molar-refractivity contribution < 1.29 is 0 Å². The van der Waals surface area contributed by atoms with Crippen molar-refractivity contribution in [3.05, 3.63) is 0 Å². The van der Waals surface area contributed by atoms with Crippen molar-refractivity contribution in [2.24, 2.45) is 0 Å². The van der Waals surface area contributed by atoms with E-state index in [2.05, 4.69) is 0 Å². The van der Waals surface area contributed by atoms with Crippen LogP contribution < -0.4 is 0 Å². The third-order valence-corrected chi connectivity index (χ3v) is 10.2. The van der Waals surface area contributed by atoms with E-state index in [1.807, 2.05) is 0 Å². The summed E-state index contributed by atoms with van der Waals surface area (Å²) in [7, 11) is -0.552. The zero-order chi connectivity index (χ0) is 5.91. The van der Waals surface area contributed by atoms with Crippen molar-refractivity contribution in [2.75, 3.05) is 0 Å². The van der Waals surface area contributed by atoms with Crippen LogP contribution in [0.4, 0.5) is 0 Å². The number of hydrogen-bond acceptors (Lipinski definition) is 0. The average molecular weight is 214 g/mol. The van der Waals surface area contributed by atoms with Crippen LogP contribution in [-0.4, -0.2) is 14.8 Å². The maximum absolute atomic E-state index is 5.45. The average Bonchev–Trinajstić information content (AvgIpc) is 1.30. The van der Waals surface area contributed by atoms with Crippen LogP contribution in [0.15, 0.2) is 0 Å². The van der Waals surface area contributed by atoms with Gasteiger partial charge in [-0.2, -0.15) is 11.1 Å². The lowest BCUT2D eigenvalue weighted by Gasteiger charge is -2.00. The van der Waals surface area contributed by atoms with Gasteiger partial charge in [0.25, 0.3) is 0 Å². The molecule has 0 aliphatic heterocycles. The van der Waals surface area contributed by atoms with E-state index >= 15 is 0 Å². The molecule has 0 unspecified atom stereocenters. The number of hydrogen-bond donors (Lipinski definition) is 0. The van der Waals surface area contributed by atoms with Gasteiger partial charge in [-0.25, -0.2) is 0 Å². The van der Waals surface area contributed by atoms with E-state index in [4.69, 9.17) is 44.3 Å². The van der Waals surface area contributed by atoms with Crippen molar-refractivity contribution in [1.82, 2.24) is 0 Å². The maximum Gasteiger partial charge on any atom is 0.339 e. The topological polar surface area (TPSA) is 0 Å². The third kappa shape index (κ3) is 7.59. The molecule has 7 heavy (non-hydrogen) atoms. The first-order valence-electron chi connectivity index (χ1n) is 1.69. The molecule has 0 aliphatic rings. The lowest BCUT2D eigenvalue weighted by Crippen LogP contribution is -2.09. The molecule has 0 aromatic rings. The van der Waals surface area contributed by atoms with Gasteiger partial charge in [0.05, 0.1) is 0 Å². The van der Waals surface area contributed by atoms with Crippen LogP contribution in [0.25, 0.3) is 0 Å². The molecule has 0 N–H and O–H groups in total. The number of rotatable bonds is 2. The Labute approximate surface area is 64.7 Å². The predicted molar refractivity (Wildman–Crippen MR) is 42.5 cm³/mol. The second kappa shape index (κ2) is 3.59. The van der Waals surface area contributed by atoms with Crippen molar-refractivity contribution in [1.29, 1.82) is 0 Å². The first-order valence-corrected chi connectivity index (χ1v) is 10.1. The summed E-state index contributed by atoms with van der Waals surface area (Å²) in [6.07, 6.45) is 0. The minimum Gasteiger partial charge on any atom is -0.176 e. The summed E-state index contributed by atoms with van der Waals surface area (Å²) in [6.45, 7) is 0. The van der Waals surface area contributed by atoms with Gasteiger partial charge in [-0.3, -0.25) is 0 Å². The molecule has 0 rings (SSSR count). The standard InChI is InChI=1S/CH4Cl4Si2/c2-6-1-7(3,4)5/h1,6H2. The molecule has 0 atom stereocenters. The summed E-state index contributed by atoms with van der Waals surface area (Å²) >= 11 is 21.8. The zero-order valence-electron chi connectivity index (χ0n) is 3.43. The van der Waals surface area contributed by atoms with Crippen LogP contribution in [-0.2, 0) is 0 Å². The lowest BCUT2D eigenvalue weighted by molar-refractivity contribution is 2.06. The molecule has 0 bridgehead atoms. The summed E-state index contributed by atoms with van der Waals surface area (Å²) in [5.41, 5.74) is 0.680. The first-order chi connectivity index (χ1) is 3.06. The Kier molecular flexibility index (Phi) is 4.40. The van der Waals surface area contributed by atoms with Crippen LogP contribution in [0.2, 0.25) is 5.67 Å². The zero-order valence-corrected chi connectivity index (χ0v) is 8.86. The molecule has 0 aliphatic carbocycles. The Hall–Kier alpha value is 1.59. The summed E-state index contributed by atoms with van der Waals surface area (Å²) in [5, 5.41) is 0. The van der Waals surface area contributed by atoms with Crippen LogP contribution in [0, 0.1) is 0 Å². The molecule has 0 aromatic carbocycles.